The molecule has 0 aliphatic heterocycles. The molecule has 0 saturated heterocycles. The first-order chi connectivity index (χ1) is 10.2. The second-order valence-electron chi connectivity index (χ2n) is 6.00. The number of nitrogens with one attached hydrogen (secondary N) is 1. The minimum atomic E-state index is -0.662. The molecule has 116 valence electrons. The summed E-state index contributed by atoms with van der Waals surface area (Å²) in [4.78, 5) is 34.3. The summed E-state index contributed by atoms with van der Waals surface area (Å²) >= 11 is 0. The van der Waals surface area contributed by atoms with Gasteiger partial charge in [0.25, 0.3) is 10.9 Å². The van der Waals surface area contributed by atoms with Crippen molar-refractivity contribution in [1.82, 2.24) is 0 Å². The molecule has 0 radical (unpaired) electrons. The largest absolute Gasteiger partial charge is 0.456 e. The van der Waals surface area contributed by atoms with Crippen LogP contribution in [-0.4, -0.2) is 11.6 Å². The van der Waals surface area contributed by atoms with Crippen molar-refractivity contribution < 1.29 is 9.53 Å². The van der Waals surface area contributed by atoms with Gasteiger partial charge in [0.2, 0.25) is 0 Å². The molecule has 0 atom stereocenters. The highest BCUT2D eigenvalue weighted by atomic mass is 16.6. The molecule has 2 rings (SSSR count). The van der Waals surface area contributed by atoms with Gasteiger partial charge < -0.3 is 15.8 Å². The topological polar surface area (TPSA) is 98.5 Å². The minimum Gasteiger partial charge on any atom is -0.456 e. The summed E-state index contributed by atoms with van der Waals surface area (Å²) in [5.74, 6) is -0.414. The van der Waals surface area contributed by atoms with E-state index in [-0.39, 0.29) is 17.9 Å². The maximum Gasteiger partial charge on any atom is 0.338 e. The SMILES string of the molecule is CC(C)(C)OC(=O)c1cccc(CNc2c(N)c(=O)c2=O)c1. The van der Waals surface area contributed by atoms with Crippen LogP contribution in [0, 0.1) is 0 Å². The lowest BCUT2D eigenvalue weighted by atomic mass is 10.1. The number of nitrogen functional groups attached to an aromatic ring is 1. The zero-order chi connectivity index (χ0) is 16.5. The van der Waals surface area contributed by atoms with Crippen LogP contribution in [0.1, 0.15) is 36.7 Å². The number of esters is 1. The number of ether oxygens (including phenoxy) is 1. The second-order valence-corrected chi connectivity index (χ2v) is 6.00. The summed E-state index contributed by atoms with van der Waals surface area (Å²) in [5.41, 5.74) is 4.88. The zero-order valence-electron chi connectivity index (χ0n) is 12.7. The Morgan fingerprint density at radius 3 is 2.50 bits per heavy atom. The van der Waals surface area contributed by atoms with E-state index >= 15 is 0 Å². The Morgan fingerprint density at radius 1 is 1.23 bits per heavy atom. The first-order valence-corrected chi connectivity index (χ1v) is 6.84. The highest BCUT2D eigenvalue weighted by Gasteiger charge is 2.19. The number of hydrogen-bond donors (Lipinski definition) is 2. The molecule has 0 amide bonds. The van der Waals surface area contributed by atoms with Gasteiger partial charge in [0.15, 0.2) is 0 Å². The van der Waals surface area contributed by atoms with Crippen LogP contribution in [0.5, 0.6) is 0 Å². The second kappa shape index (κ2) is 5.63. The molecule has 0 unspecified atom stereocenters. The number of anilines is 2. The van der Waals surface area contributed by atoms with Gasteiger partial charge >= 0.3 is 5.97 Å². The Hall–Kier alpha value is -2.63. The monoisotopic (exact) mass is 302 g/mol. The van der Waals surface area contributed by atoms with Gasteiger partial charge in [0.05, 0.1) is 5.56 Å². The fraction of sp³-hybridized carbons (Fsp3) is 0.312. The van der Waals surface area contributed by atoms with E-state index in [0.717, 1.165) is 5.56 Å². The maximum absolute atomic E-state index is 12.0. The summed E-state index contributed by atoms with van der Waals surface area (Å²) in [6.07, 6.45) is 0. The van der Waals surface area contributed by atoms with Crippen molar-refractivity contribution in [2.24, 2.45) is 0 Å². The van der Waals surface area contributed by atoms with E-state index in [1.165, 1.54) is 0 Å². The average Bonchev–Trinajstić information content (AvgIpc) is 2.45. The van der Waals surface area contributed by atoms with E-state index in [9.17, 15) is 14.4 Å². The molecule has 0 fully saturated rings. The Morgan fingerprint density at radius 2 is 1.91 bits per heavy atom. The third-order valence-electron chi connectivity index (χ3n) is 2.98. The molecule has 2 aromatic rings. The predicted molar refractivity (Wildman–Crippen MR) is 84.7 cm³/mol. The molecule has 6 heteroatoms. The van der Waals surface area contributed by atoms with E-state index in [4.69, 9.17) is 10.5 Å². The van der Waals surface area contributed by atoms with Crippen molar-refractivity contribution in [3.05, 3.63) is 55.8 Å². The Balaban J connectivity index is 2.08. The summed E-state index contributed by atoms with van der Waals surface area (Å²) in [6.45, 7) is 5.67. The number of nitrogens with two attached hydrogens (primary N) is 1. The number of carbonyl (C=O) groups excluding carboxylic acids is 1. The number of hydrogen-bond acceptors (Lipinski definition) is 6. The molecule has 0 heterocycles. The van der Waals surface area contributed by atoms with E-state index in [1.54, 1.807) is 45.0 Å². The molecule has 0 aliphatic carbocycles. The van der Waals surface area contributed by atoms with Crippen LogP contribution in [0.15, 0.2) is 33.9 Å². The van der Waals surface area contributed by atoms with Crippen LogP contribution in [0.3, 0.4) is 0 Å². The number of carbonyl (C=O) groups is 1. The van der Waals surface area contributed by atoms with Gasteiger partial charge in [-0.1, -0.05) is 12.1 Å². The fourth-order valence-electron chi connectivity index (χ4n) is 1.92. The molecular weight excluding hydrogens is 284 g/mol. The summed E-state index contributed by atoms with van der Waals surface area (Å²) < 4.78 is 5.30. The Bertz CT molecular complexity index is 780. The average molecular weight is 302 g/mol. The predicted octanol–water partition coefficient (Wildman–Crippen LogP) is 1.43. The summed E-state index contributed by atoms with van der Waals surface area (Å²) in [7, 11) is 0. The summed E-state index contributed by atoms with van der Waals surface area (Å²) in [6, 6.07) is 6.84. The molecule has 22 heavy (non-hydrogen) atoms. The standard InChI is InChI=1S/C16H18N2O4/c1-16(2,3)22-15(21)10-6-4-5-9(7-10)8-18-12-11(17)13(19)14(12)20/h4-7,18H,8,17H2,1-3H3. The highest BCUT2D eigenvalue weighted by molar-refractivity contribution is 5.89. The van der Waals surface area contributed by atoms with Crippen molar-refractivity contribution in [2.45, 2.75) is 32.9 Å². The third-order valence-corrected chi connectivity index (χ3v) is 2.98. The zero-order valence-corrected chi connectivity index (χ0v) is 12.7. The lowest BCUT2D eigenvalue weighted by molar-refractivity contribution is 0.00694. The molecule has 0 bridgehead atoms. The van der Waals surface area contributed by atoms with Gasteiger partial charge in [-0.3, -0.25) is 9.59 Å². The van der Waals surface area contributed by atoms with Crippen molar-refractivity contribution >= 4 is 17.3 Å². The molecular formula is C16H18N2O4. The molecule has 0 aliphatic rings. The molecule has 6 nitrogen and oxygen atoms in total. The van der Waals surface area contributed by atoms with Gasteiger partial charge in [0.1, 0.15) is 17.0 Å². The van der Waals surface area contributed by atoms with Gasteiger partial charge in [-0.25, -0.2) is 4.79 Å². The lowest BCUT2D eigenvalue weighted by Crippen LogP contribution is -2.36. The first-order valence-electron chi connectivity index (χ1n) is 6.84. The van der Waals surface area contributed by atoms with Crippen molar-refractivity contribution in [1.29, 1.82) is 0 Å². The highest BCUT2D eigenvalue weighted by Crippen LogP contribution is 2.15. The van der Waals surface area contributed by atoms with E-state index in [1.807, 2.05) is 0 Å². The smallest absolute Gasteiger partial charge is 0.338 e. The van der Waals surface area contributed by atoms with Crippen LogP contribution < -0.4 is 21.9 Å². The minimum absolute atomic E-state index is 0.0479. The van der Waals surface area contributed by atoms with E-state index in [0.29, 0.717) is 5.56 Å². The van der Waals surface area contributed by atoms with E-state index in [2.05, 4.69) is 5.32 Å². The van der Waals surface area contributed by atoms with Gasteiger partial charge in [-0.05, 0) is 38.5 Å². The van der Waals surface area contributed by atoms with Crippen molar-refractivity contribution in [2.75, 3.05) is 11.1 Å². The van der Waals surface area contributed by atoms with Gasteiger partial charge in [0, 0.05) is 6.54 Å². The number of benzene rings is 1. The quantitative estimate of drug-likeness (QED) is 0.655. The van der Waals surface area contributed by atoms with Gasteiger partial charge in [-0.15, -0.1) is 0 Å². The Kier molecular flexibility index (Phi) is 4.03. The van der Waals surface area contributed by atoms with Crippen molar-refractivity contribution in [3.63, 3.8) is 0 Å². The first kappa shape index (κ1) is 15.8. The summed E-state index contributed by atoms with van der Waals surface area (Å²) in [5, 5.41) is 2.81. The number of rotatable bonds is 4. The van der Waals surface area contributed by atoms with Crippen LogP contribution in [0.25, 0.3) is 0 Å². The normalized spacial score (nSPS) is 11.4. The maximum atomic E-state index is 12.0. The molecule has 3 N–H and O–H groups in total. The van der Waals surface area contributed by atoms with Crippen LogP contribution in [0.4, 0.5) is 11.4 Å². The molecule has 0 spiro atoms. The van der Waals surface area contributed by atoms with Crippen molar-refractivity contribution in [3.8, 4) is 0 Å². The van der Waals surface area contributed by atoms with Crippen LogP contribution >= 0.6 is 0 Å². The fourth-order valence-corrected chi connectivity index (χ4v) is 1.92. The lowest BCUT2D eigenvalue weighted by Gasteiger charge is -2.19. The third kappa shape index (κ3) is 3.33. The molecule has 0 saturated carbocycles. The van der Waals surface area contributed by atoms with Crippen LogP contribution in [-0.2, 0) is 11.3 Å². The molecule has 0 aromatic heterocycles. The van der Waals surface area contributed by atoms with E-state index < -0.39 is 22.4 Å². The van der Waals surface area contributed by atoms with Crippen LogP contribution in [0.2, 0.25) is 0 Å². The van der Waals surface area contributed by atoms with Gasteiger partial charge in [-0.2, -0.15) is 0 Å². The Labute approximate surface area is 127 Å². The molecule has 2 aromatic carbocycles.